The first-order chi connectivity index (χ1) is 12.1. The Labute approximate surface area is 154 Å². The molecule has 0 aliphatic rings. The van der Waals surface area contributed by atoms with Gasteiger partial charge in [0, 0.05) is 17.0 Å². The zero-order chi connectivity index (χ0) is 17.8. The van der Waals surface area contributed by atoms with Crippen molar-refractivity contribution in [3.05, 3.63) is 58.4 Å². The van der Waals surface area contributed by atoms with Crippen molar-refractivity contribution in [3.8, 4) is 22.8 Å². The zero-order valence-corrected chi connectivity index (χ0v) is 15.1. The quantitative estimate of drug-likeness (QED) is 0.701. The van der Waals surface area contributed by atoms with Crippen LogP contribution in [0, 0.1) is 0 Å². The van der Waals surface area contributed by atoms with Crippen LogP contribution < -0.4 is 14.8 Å². The van der Waals surface area contributed by atoms with Crippen molar-refractivity contribution in [1.82, 2.24) is 4.98 Å². The van der Waals surface area contributed by atoms with Crippen LogP contribution in [0.3, 0.4) is 0 Å². The summed E-state index contributed by atoms with van der Waals surface area (Å²) in [7, 11) is 3.18. The molecule has 0 saturated carbocycles. The van der Waals surface area contributed by atoms with Crippen LogP contribution in [-0.4, -0.2) is 25.1 Å². The Hall–Kier alpha value is -2.57. The maximum absolute atomic E-state index is 12.3. The second kappa shape index (κ2) is 7.55. The monoisotopic (exact) mass is 374 g/mol. The molecule has 5 nitrogen and oxygen atoms in total. The molecule has 1 heterocycles. The first-order valence-electron chi connectivity index (χ1n) is 7.36. The second-order valence-corrected chi connectivity index (χ2v) is 6.30. The van der Waals surface area contributed by atoms with E-state index in [1.807, 2.05) is 17.5 Å². The van der Waals surface area contributed by atoms with Gasteiger partial charge in [0.15, 0.2) is 5.13 Å². The minimum Gasteiger partial charge on any atom is -0.497 e. The molecule has 0 radical (unpaired) electrons. The molecule has 0 atom stereocenters. The summed E-state index contributed by atoms with van der Waals surface area (Å²) < 4.78 is 10.6. The Morgan fingerprint density at radius 2 is 1.96 bits per heavy atom. The summed E-state index contributed by atoms with van der Waals surface area (Å²) in [6, 6.07) is 12.4. The summed E-state index contributed by atoms with van der Waals surface area (Å²) >= 11 is 7.38. The minimum atomic E-state index is -0.298. The van der Waals surface area contributed by atoms with Crippen molar-refractivity contribution in [2.75, 3.05) is 19.5 Å². The highest BCUT2D eigenvalue weighted by Crippen LogP contribution is 2.35. The molecule has 0 saturated heterocycles. The van der Waals surface area contributed by atoms with E-state index in [0.29, 0.717) is 32.9 Å². The Bertz CT molecular complexity index is 911. The smallest absolute Gasteiger partial charge is 0.258 e. The lowest BCUT2D eigenvalue weighted by Gasteiger charge is -2.08. The molecule has 128 valence electrons. The van der Waals surface area contributed by atoms with E-state index in [-0.39, 0.29) is 5.91 Å². The molecule has 1 aromatic heterocycles. The number of anilines is 1. The summed E-state index contributed by atoms with van der Waals surface area (Å²) in [4.78, 5) is 16.8. The first kappa shape index (κ1) is 17.3. The summed E-state index contributed by atoms with van der Waals surface area (Å²) in [5, 5.41) is 5.50. The molecule has 25 heavy (non-hydrogen) atoms. The van der Waals surface area contributed by atoms with Crippen LogP contribution in [0.1, 0.15) is 10.4 Å². The summed E-state index contributed by atoms with van der Waals surface area (Å²) in [6.07, 6.45) is 0. The van der Waals surface area contributed by atoms with E-state index in [1.165, 1.54) is 11.3 Å². The zero-order valence-electron chi connectivity index (χ0n) is 13.6. The maximum atomic E-state index is 12.3. The van der Waals surface area contributed by atoms with Crippen LogP contribution in [-0.2, 0) is 0 Å². The molecular formula is C18H15ClN2O3S. The van der Waals surface area contributed by atoms with Gasteiger partial charge in [-0.15, -0.1) is 11.3 Å². The van der Waals surface area contributed by atoms with Crippen molar-refractivity contribution >= 4 is 34.0 Å². The lowest BCUT2D eigenvalue weighted by molar-refractivity contribution is 0.102. The van der Waals surface area contributed by atoms with Gasteiger partial charge in [-0.2, -0.15) is 0 Å². The van der Waals surface area contributed by atoms with Crippen molar-refractivity contribution < 1.29 is 14.3 Å². The van der Waals surface area contributed by atoms with Crippen LogP contribution in [0.15, 0.2) is 47.8 Å². The van der Waals surface area contributed by atoms with E-state index in [2.05, 4.69) is 10.3 Å². The molecule has 2 aromatic carbocycles. The van der Waals surface area contributed by atoms with Gasteiger partial charge in [0.05, 0.1) is 30.5 Å². The number of thiazole rings is 1. The second-order valence-electron chi connectivity index (χ2n) is 5.04. The Balaban J connectivity index is 1.84. The third kappa shape index (κ3) is 3.75. The molecule has 0 bridgehead atoms. The Morgan fingerprint density at radius 3 is 2.68 bits per heavy atom. The molecule has 1 N–H and O–H groups in total. The van der Waals surface area contributed by atoms with Gasteiger partial charge in [-0.25, -0.2) is 4.98 Å². The van der Waals surface area contributed by atoms with Gasteiger partial charge in [0.2, 0.25) is 0 Å². The predicted molar refractivity (Wildman–Crippen MR) is 100 cm³/mol. The fraction of sp³-hybridized carbons (Fsp3) is 0.111. The molecule has 7 heteroatoms. The number of nitrogens with one attached hydrogen (secondary N) is 1. The average molecular weight is 375 g/mol. The highest BCUT2D eigenvalue weighted by Gasteiger charge is 2.14. The molecule has 3 rings (SSSR count). The number of hydrogen-bond acceptors (Lipinski definition) is 5. The summed E-state index contributed by atoms with van der Waals surface area (Å²) in [5.74, 6) is 1.05. The van der Waals surface area contributed by atoms with Gasteiger partial charge in [-0.1, -0.05) is 23.7 Å². The summed E-state index contributed by atoms with van der Waals surface area (Å²) in [6.45, 7) is 0. The molecule has 0 aliphatic carbocycles. The fourth-order valence-corrected chi connectivity index (χ4v) is 3.20. The third-order valence-electron chi connectivity index (χ3n) is 3.53. The number of halogens is 1. The highest BCUT2D eigenvalue weighted by atomic mass is 35.5. The van der Waals surface area contributed by atoms with Crippen LogP contribution in [0.5, 0.6) is 11.5 Å². The molecule has 0 fully saturated rings. The topological polar surface area (TPSA) is 60.5 Å². The van der Waals surface area contributed by atoms with E-state index in [9.17, 15) is 4.79 Å². The standard InChI is InChI=1S/C18H15ClN2O3S/c1-23-11-7-8-13(16(9-11)24-2)15-10-25-18(20-15)21-17(22)12-5-3-4-6-14(12)19/h3-10H,1-2H3,(H,20,21,22). The number of ether oxygens (including phenoxy) is 2. The van der Waals surface area contributed by atoms with Gasteiger partial charge in [0.25, 0.3) is 5.91 Å². The average Bonchev–Trinajstić information content (AvgIpc) is 3.09. The Morgan fingerprint density at radius 1 is 1.16 bits per heavy atom. The van der Waals surface area contributed by atoms with Crippen LogP contribution in [0.2, 0.25) is 5.02 Å². The van der Waals surface area contributed by atoms with Crippen LogP contribution in [0.25, 0.3) is 11.3 Å². The van der Waals surface area contributed by atoms with Gasteiger partial charge in [-0.3, -0.25) is 10.1 Å². The summed E-state index contributed by atoms with van der Waals surface area (Å²) in [5.41, 5.74) is 1.93. The molecule has 3 aromatic rings. The van der Waals surface area contributed by atoms with E-state index < -0.39 is 0 Å². The molecule has 0 unspecified atom stereocenters. The number of carbonyl (C=O) groups excluding carboxylic acids is 1. The largest absolute Gasteiger partial charge is 0.497 e. The van der Waals surface area contributed by atoms with Crippen molar-refractivity contribution in [3.63, 3.8) is 0 Å². The van der Waals surface area contributed by atoms with Gasteiger partial charge in [-0.05, 0) is 24.3 Å². The Kier molecular flexibility index (Phi) is 5.21. The number of hydrogen-bond donors (Lipinski definition) is 1. The van der Waals surface area contributed by atoms with E-state index in [0.717, 1.165) is 5.56 Å². The number of benzene rings is 2. The normalized spacial score (nSPS) is 10.4. The molecule has 0 spiro atoms. The van der Waals surface area contributed by atoms with Gasteiger partial charge < -0.3 is 9.47 Å². The van der Waals surface area contributed by atoms with Gasteiger partial charge >= 0.3 is 0 Å². The SMILES string of the molecule is COc1ccc(-c2csc(NC(=O)c3ccccc3Cl)n2)c(OC)c1. The van der Waals surface area contributed by atoms with Crippen molar-refractivity contribution in [1.29, 1.82) is 0 Å². The highest BCUT2D eigenvalue weighted by molar-refractivity contribution is 7.14. The maximum Gasteiger partial charge on any atom is 0.258 e. The third-order valence-corrected chi connectivity index (χ3v) is 4.62. The number of aromatic nitrogens is 1. The number of methoxy groups -OCH3 is 2. The van der Waals surface area contributed by atoms with E-state index in [1.54, 1.807) is 44.6 Å². The van der Waals surface area contributed by atoms with Crippen LogP contribution in [0.4, 0.5) is 5.13 Å². The first-order valence-corrected chi connectivity index (χ1v) is 8.62. The van der Waals surface area contributed by atoms with E-state index >= 15 is 0 Å². The predicted octanol–water partition coefficient (Wildman–Crippen LogP) is 4.73. The molecule has 1 amide bonds. The number of rotatable bonds is 5. The minimum absolute atomic E-state index is 0.298. The number of amides is 1. The molecular weight excluding hydrogens is 360 g/mol. The number of nitrogens with zero attached hydrogens (tertiary/aromatic N) is 1. The van der Waals surface area contributed by atoms with E-state index in [4.69, 9.17) is 21.1 Å². The van der Waals surface area contributed by atoms with Crippen molar-refractivity contribution in [2.45, 2.75) is 0 Å². The number of carbonyl (C=O) groups is 1. The lowest BCUT2D eigenvalue weighted by atomic mass is 10.1. The molecule has 0 aliphatic heterocycles. The van der Waals surface area contributed by atoms with Crippen molar-refractivity contribution in [2.24, 2.45) is 0 Å². The van der Waals surface area contributed by atoms with Crippen LogP contribution >= 0.6 is 22.9 Å². The lowest BCUT2D eigenvalue weighted by Crippen LogP contribution is -2.12. The van der Waals surface area contributed by atoms with Gasteiger partial charge in [0.1, 0.15) is 11.5 Å². The fourth-order valence-electron chi connectivity index (χ4n) is 2.27.